The minimum atomic E-state index is -0.948. The van der Waals surface area contributed by atoms with Gasteiger partial charge in [0.05, 0.1) is 8.07 Å². The van der Waals surface area contributed by atoms with Crippen LogP contribution in [0.5, 0.6) is 0 Å². The number of hydrogen-bond acceptors (Lipinski definition) is 0. The molecule has 0 atom stereocenters. The second-order valence-electron chi connectivity index (χ2n) is 4.59. The van der Waals surface area contributed by atoms with Gasteiger partial charge in [0.1, 0.15) is 0 Å². The summed E-state index contributed by atoms with van der Waals surface area (Å²) in [6.45, 7) is 2.51. The molecule has 1 saturated heterocycles. The van der Waals surface area contributed by atoms with E-state index in [1.54, 1.807) is 5.19 Å². The van der Waals surface area contributed by atoms with E-state index in [1.165, 1.54) is 22.9 Å². The third-order valence-electron chi connectivity index (χ3n) is 3.44. The quantitative estimate of drug-likeness (QED) is 0.618. The predicted octanol–water partition coefficient (Wildman–Crippen LogP) is 3.14. The molecule has 1 fully saturated rings. The molecular formula is C13H14Si. The Kier molecular flexibility index (Phi) is 1.59. The fourth-order valence-corrected chi connectivity index (χ4v) is 5.62. The van der Waals surface area contributed by atoms with Crippen molar-refractivity contribution in [3.63, 3.8) is 0 Å². The molecule has 2 aromatic rings. The Bertz CT molecular complexity index is 478. The van der Waals surface area contributed by atoms with E-state index in [2.05, 4.69) is 49.0 Å². The fraction of sp³-hybridized carbons (Fsp3) is 0.231. The summed E-state index contributed by atoms with van der Waals surface area (Å²) in [5.41, 5.74) is 0. The van der Waals surface area contributed by atoms with Gasteiger partial charge >= 0.3 is 0 Å². The molecule has 0 aromatic heterocycles. The van der Waals surface area contributed by atoms with E-state index in [0.29, 0.717) is 0 Å². The van der Waals surface area contributed by atoms with Gasteiger partial charge in [-0.1, -0.05) is 66.3 Å². The highest BCUT2D eigenvalue weighted by molar-refractivity contribution is 7.00. The Labute approximate surface area is 85.6 Å². The molecule has 1 heteroatoms. The van der Waals surface area contributed by atoms with Crippen LogP contribution in [0.3, 0.4) is 0 Å². The SMILES string of the molecule is C[Si]1(c2cccc3ccccc23)CC1. The fourth-order valence-electron chi connectivity index (χ4n) is 2.21. The van der Waals surface area contributed by atoms with Crippen LogP contribution in [0.1, 0.15) is 0 Å². The van der Waals surface area contributed by atoms with Gasteiger partial charge < -0.3 is 0 Å². The van der Waals surface area contributed by atoms with Crippen molar-refractivity contribution in [2.45, 2.75) is 18.6 Å². The second-order valence-corrected chi connectivity index (χ2v) is 9.25. The van der Waals surface area contributed by atoms with Gasteiger partial charge in [-0.05, 0) is 10.8 Å². The minimum absolute atomic E-state index is 0.948. The highest BCUT2D eigenvalue weighted by Crippen LogP contribution is 2.36. The highest BCUT2D eigenvalue weighted by Gasteiger charge is 2.42. The highest BCUT2D eigenvalue weighted by atomic mass is 28.3. The molecule has 0 amide bonds. The third kappa shape index (κ3) is 1.12. The zero-order valence-electron chi connectivity index (χ0n) is 8.46. The topological polar surface area (TPSA) is 0 Å². The molecule has 0 aliphatic carbocycles. The van der Waals surface area contributed by atoms with Gasteiger partial charge in [0, 0.05) is 0 Å². The van der Waals surface area contributed by atoms with Crippen LogP contribution in [0.2, 0.25) is 18.6 Å². The molecule has 1 aliphatic heterocycles. The summed E-state index contributed by atoms with van der Waals surface area (Å²) in [6.07, 6.45) is 0. The van der Waals surface area contributed by atoms with E-state index in [-0.39, 0.29) is 0 Å². The Balaban J connectivity index is 2.33. The van der Waals surface area contributed by atoms with Crippen LogP contribution in [-0.2, 0) is 0 Å². The molecule has 0 spiro atoms. The molecule has 1 aliphatic rings. The number of benzene rings is 2. The molecule has 0 saturated carbocycles. The van der Waals surface area contributed by atoms with Gasteiger partial charge in [-0.15, -0.1) is 0 Å². The van der Waals surface area contributed by atoms with Crippen molar-refractivity contribution in [2.24, 2.45) is 0 Å². The van der Waals surface area contributed by atoms with Crippen LogP contribution in [0.15, 0.2) is 42.5 Å². The molecule has 3 rings (SSSR count). The Morgan fingerprint density at radius 1 is 0.929 bits per heavy atom. The molecule has 0 nitrogen and oxygen atoms in total. The average Bonchev–Trinajstić information content (AvgIpc) is 2.97. The van der Waals surface area contributed by atoms with Gasteiger partial charge in [0.2, 0.25) is 0 Å². The monoisotopic (exact) mass is 198 g/mol. The Hall–Kier alpha value is -1.08. The van der Waals surface area contributed by atoms with E-state index >= 15 is 0 Å². The third-order valence-corrected chi connectivity index (χ3v) is 7.18. The molecular weight excluding hydrogens is 184 g/mol. The van der Waals surface area contributed by atoms with Crippen LogP contribution in [0.25, 0.3) is 10.8 Å². The van der Waals surface area contributed by atoms with E-state index in [9.17, 15) is 0 Å². The van der Waals surface area contributed by atoms with Crippen molar-refractivity contribution >= 4 is 24.0 Å². The van der Waals surface area contributed by atoms with E-state index in [4.69, 9.17) is 0 Å². The zero-order valence-corrected chi connectivity index (χ0v) is 9.46. The molecule has 2 aromatic carbocycles. The maximum absolute atomic E-state index is 2.51. The second kappa shape index (κ2) is 2.70. The molecule has 0 N–H and O–H groups in total. The van der Waals surface area contributed by atoms with Crippen molar-refractivity contribution in [2.75, 3.05) is 0 Å². The van der Waals surface area contributed by atoms with Crippen LogP contribution in [-0.4, -0.2) is 8.07 Å². The van der Waals surface area contributed by atoms with Gasteiger partial charge in [-0.25, -0.2) is 0 Å². The van der Waals surface area contributed by atoms with Crippen molar-refractivity contribution < 1.29 is 0 Å². The van der Waals surface area contributed by atoms with Crippen molar-refractivity contribution in [3.8, 4) is 0 Å². The van der Waals surface area contributed by atoms with E-state index in [1.807, 2.05) is 0 Å². The standard InChI is InChI=1S/C13H14Si/c1-14(9-10-14)13-8-4-6-11-5-2-3-7-12(11)13/h2-8H,9-10H2,1H3. The number of rotatable bonds is 1. The van der Waals surface area contributed by atoms with Gasteiger partial charge in [-0.3, -0.25) is 0 Å². The maximum Gasteiger partial charge on any atom is 0.0839 e. The number of hydrogen-bond donors (Lipinski definition) is 0. The predicted molar refractivity (Wildman–Crippen MR) is 64.8 cm³/mol. The summed E-state index contributed by atoms with van der Waals surface area (Å²) in [4.78, 5) is 0. The van der Waals surface area contributed by atoms with Crippen LogP contribution >= 0.6 is 0 Å². The molecule has 0 radical (unpaired) electrons. The van der Waals surface area contributed by atoms with Crippen LogP contribution in [0, 0.1) is 0 Å². The smallest absolute Gasteiger partial charge is 0.0652 e. The first-order chi connectivity index (χ1) is 6.80. The molecule has 1 heterocycles. The van der Waals surface area contributed by atoms with Crippen LogP contribution in [0.4, 0.5) is 0 Å². The molecule has 0 bridgehead atoms. The summed E-state index contributed by atoms with van der Waals surface area (Å²) in [5, 5.41) is 4.59. The normalized spacial score (nSPS) is 18.4. The summed E-state index contributed by atoms with van der Waals surface area (Å²) in [5.74, 6) is 0. The summed E-state index contributed by atoms with van der Waals surface area (Å²) in [7, 11) is -0.948. The maximum atomic E-state index is 2.51. The minimum Gasteiger partial charge on any atom is -0.0652 e. The van der Waals surface area contributed by atoms with Crippen LogP contribution < -0.4 is 5.19 Å². The van der Waals surface area contributed by atoms with Gasteiger partial charge in [0.15, 0.2) is 0 Å². The molecule has 14 heavy (non-hydrogen) atoms. The van der Waals surface area contributed by atoms with E-state index < -0.39 is 8.07 Å². The lowest BCUT2D eigenvalue weighted by Crippen LogP contribution is -2.29. The summed E-state index contributed by atoms with van der Waals surface area (Å²) in [6, 6.07) is 18.5. The summed E-state index contributed by atoms with van der Waals surface area (Å²) < 4.78 is 0. The lowest BCUT2D eigenvalue weighted by atomic mass is 10.1. The van der Waals surface area contributed by atoms with Gasteiger partial charge in [0.25, 0.3) is 0 Å². The van der Waals surface area contributed by atoms with Crippen molar-refractivity contribution in [1.82, 2.24) is 0 Å². The Morgan fingerprint density at radius 3 is 2.43 bits per heavy atom. The van der Waals surface area contributed by atoms with Crippen molar-refractivity contribution in [3.05, 3.63) is 42.5 Å². The van der Waals surface area contributed by atoms with E-state index in [0.717, 1.165) is 0 Å². The summed E-state index contributed by atoms with van der Waals surface area (Å²) >= 11 is 0. The first kappa shape index (κ1) is 8.24. The zero-order chi connectivity index (χ0) is 9.60. The van der Waals surface area contributed by atoms with Crippen molar-refractivity contribution in [1.29, 1.82) is 0 Å². The van der Waals surface area contributed by atoms with Gasteiger partial charge in [-0.2, -0.15) is 0 Å². The first-order valence-corrected chi connectivity index (χ1v) is 8.19. The molecule has 70 valence electrons. The lowest BCUT2D eigenvalue weighted by Gasteiger charge is -2.10. The largest absolute Gasteiger partial charge is 0.0839 e. The molecule has 0 unspecified atom stereocenters. The Morgan fingerprint density at radius 2 is 1.64 bits per heavy atom. The number of fused-ring (bicyclic) bond motifs is 1. The first-order valence-electron chi connectivity index (χ1n) is 5.28. The lowest BCUT2D eigenvalue weighted by molar-refractivity contribution is 1.69. The average molecular weight is 198 g/mol.